The molecular weight excluding hydrogens is 372 g/mol. The van der Waals surface area contributed by atoms with Crippen molar-refractivity contribution in [2.45, 2.75) is 37.8 Å². The van der Waals surface area contributed by atoms with Crippen molar-refractivity contribution in [2.24, 2.45) is 5.92 Å². The largest absolute Gasteiger partial charge is 0.445 e. The molecule has 4 nitrogen and oxygen atoms in total. The van der Waals surface area contributed by atoms with E-state index in [1.165, 1.54) is 16.7 Å². The van der Waals surface area contributed by atoms with Gasteiger partial charge in [0.1, 0.15) is 6.10 Å². The molecule has 0 radical (unpaired) electrons. The summed E-state index contributed by atoms with van der Waals surface area (Å²) in [5.41, 5.74) is 4.86. The molecule has 3 fully saturated rings. The Morgan fingerprint density at radius 2 is 1.79 bits per heavy atom. The molecule has 0 aromatic heterocycles. The first-order valence-electron chi connectivity index (χ1n) is 10.2. The molecule has 1 aliphatic carbocycles. The lowest BCUT2D eigenvalue weighted by molar-refractivity contribution is -0.0339. The first kappa shape index (κ1) is 18.0. The van der Waals surface area contributed by atoms with Crippen LogP contribution in [0, 0.1) is 5.92 Å². The van der Waals surface area contributed by atoms with Crippen LogP contribution in [-0.4, -0.2) is 36.7 Å². The molecule has 1 N–H and O–H groups in total. The van der Waals surface area contributed by atoms with E-state index >= 15 is 0 Å². The Morgan fingerprint density at radius 1 is 1.04 bits per heavy atom. The molecular formula is C23H25ClN2O2. The van der Waals surface area contributed by atoms with E-state index in [9.17, 15) is 4.79 Å². The quantitative estimate of drug-likeness (QED) is 0.809. The molecule has 1 amide bonds. The van der Waals surface area contributed by atoms with Crippen molar-refractivity contribution in [3.05, 3.63) is 58.6 Å². The molecule has 3 heterocycles. The third-order valence-electron chi connectivity index (χ3n) is 6.54. The van der Waals surface area contributed by atoms with Crippen molar-refractivity contribution >= 4 is 17.7 Å². The van der Waals surface area contributed by atoms with E-state index in [0.717, 1.165) is 55.9 Å². The number of carbonyl (C=O) groups is 1. The molecule has 2 atom stereocenters. The average molecular weight is 397 g/mol. The van der Waals surface area contributed by atoms with Crippen molar-refractivity contribution in [3.8, 4) is 11.1 Å². The lowest BCUT2D eigenvalue weighted by atomic mass is 9.86. The smallest absolute Gasteiger partial charge is 0.407 e. The van der Waals surface area contributed by atoms with E-state index in [0.29, 0.717) is 5.92 Å². The van der Waals surface area contributed by atoms with Crippen LogP contribution in [0.25, 0.3) is 11.1 Å². The van der Waals surface area contributed by atoms with Crippen LogP contribution < -0.4 is 5.32 Å². The molecule has 3 saturated heterocycles. The highest BCUT2D eigenvalue weighted by atomic mass is 35.5. The first-order chi connectivity index (χ1) is 13.7. The van der Waals surface area contributed by atoms with E-state index in [4.69, 9.17) is 16.3 Å². The summed E-state index contributed by atoms with van der Waals surface area (Å²) in [6.45, 7) is 3.19. The van der Waals surface area contributed by atoms with Crippen LogP contribution in [-0.2, 0) is 11.2 Å². The van der Waals surface area contributed by atoms with Gasteiger partial charge in [0.05, 0.1) is 6.04 Å². The summed E-state index contributed by atoms with van der Waals surface area (Å²) >= 11 is 6.00. The molecule has 0 saturated carbocycles. The molecule has 2 aromatic carbocycles. The number of hydrogen-bond donors (Lipinski definition) is 1. The second-order valence-electron chi connectivity index (χ2n) is 8.24. The maximum Gasteiger partial charge on any atom is 0.407 e. The van der Waals surface area contributed by atoms with Crippen molar-refractivity contribution in [3.63, 3.8) is 0 Å². The molecule has 1 unspecified atom stereocenters. The van der Waals surface area contributed by atoms with Crippen LogP contribution in [0.4, 0.5) is 4.79 Å². The molecule has 4 aliphatic rings. The van der Waals surface area contributed by atoms with E-state index < -0.39 is 0 Å². The third-order valence-corrected chi connectivity index (χ3v) is 6.80. The number of hydrogen-bond acceptors (Lipinski definition) is 3. The number of rotatable bonds is 3. The first-order valence-corrected chi connectivity index (χ1v) is 10.6. The van der Waals surface area contributed by atoms with Gasteiger partial charge in [-0.2, -0.15) is 0 Å². The molecule has 3 aliphatic heterocycles. The molecule has 2 bridgehead atoms. The Hall–Kier alpha value is -2.04. The second-order valence-corrected chi connectivity index (χ2v) is 8.67. The maximum absolute atomic E-state index is 12.5. The van der Waals surface area contributed by atoms with Crippen LogP contribution in [0.15, 0.2) is 42.5 Å². The van der Waals surface area contributed by atoms with Crippen molar-refractivity contribution in [1.82, 2.24) is 10.2 Å². The van der Waals surface area contributed by atoms with E-state index in [2.05, 4.69) is 28.4 Å². The van der Waals surface area contributed by atoms with Crippen molar-refractivity contribution in [2.75, 3.05) is 19.6 Å². The number of piperidine rings is 3. The van der Waals surface area contributed by atoms with Gasteiger partial charge in [-0.05, 0) is 79.1 Å². The molecule has 146 valence electrons. The highest BCUT2D eigenvalue weighted by molar-refractivity contribution is 6.30. The number of nitrogens with zero attached hydrogens (tertiary/aromatic N) is 1. The summed E-state index contributed by atoms with van der Waals surface area (Å²) in [7, 11) is 0. The lowest BCUT2D eigenvalue weighted by Gasteiger charge is -2.43. The maximum atomic E-state index is 12.5. The Kier molecular flexibility index (Phi) is 4.77. The van der Waals surface area contributed by atoms with Gasteiger partial charge >= 0.3 is 6.09 Å². The normalized spacial score (nSPS) is 28.0. The number of ether oxygens (including phenoxy) is 1. The Labute approximate surface area is 170 Å². The number of aryl methyl sites for hydroxylation is 1. The van der Waals surface area contributed by atoms with Gasteiger partial charge in [0.2, 0.25) is 0 Å². The van der Waals surface area contributed by atoms with Crippen LogP contribution in [0.1, 0.15) is 36.4 Å². The minimum atomic E-state index is -0.265. The fraction of sp³-hybridized carbons (Fsp3) is 0.435. The van der Waals surface area contributed by atoms with Gasteiger partial charge in [-0.25, -0.2) is 4.79 Å². The number of nitrogens with one attached hydrogen (secondary N) is 1. The number of benzene rings is 2. The molecule has 0 spiro atoms. The van der Waals surface area contributed by atoms with Gasteiger partial charge < -0.3 is 10.1 Å². The van der Waals surface area contributed by atoms with Gasteiger partial charge in [-0.15, -0.1) is 0 Å². The van der Waals surface area contributed by atoms with Gasteiger partial charge in [0.15, 0.2) is 0 Å². The summed E-state index contributed by atoms with van der Waals surface area (Å²) in [6, 6.07) is 14.5. The fourth-order valence-corrected chi connectivity index (χ4v) is 5.07. The number of fused-ring (bicyclic) bond motifs is 4. The summed E-state index contributed by atoms with van der Waals surface area (Å²) in [5, 5.41) is 3.86. The number of amides is 1. The highest BCUT2D eigenvalue weighted by Crippen LogP contribution is 2.35. The minimum absolute atomic E-state index is 0.0443. The van der Waals surface area contributed by atoms with Crippen LogP contribution in [0.2, 0.25) is 5.02 Å². The number of halogens is 1. The molecule has 5 heteroatoms. The summed E-state index contributed by atoms with van der Waals surface area (Å²) in [5.74, 6) is 0.536. The van der Waals surface area contributed by atoms with Gasteiger partial charge in [-0.1, -0.05) is 41.9 Å². The average Bonchev–Trinajstić information content (AvgIpc) is 3.11. The van der Waals surface area contributed by atoms with Crippen LogP contribution in [0.5, 0.6) is 0 Å². The Bertz CT molecular complexity index is 875. The minimum Gasteiger partial charge on any atom is -0.445 e. The Morgan fingerprint density at radius 3 is 2.50 bits per heavy atom. The van der Waals surface area contributed by atoms with Crippen molar-refractivity contribution < 1.29 is 9.53 Å². The topological polar surface area (TPSA) is 41.6 Å². The summed E-state index contributed by atoms with van der Waals surface area (Å²) < 4.78 is 5.80. The molecule has 28 heavy (non-hydrogen) atoms. The third kappa shape index (κ3) is 3.51. The van der Waals surface area contributed by atoms with Crippen molar-refractivity contribution in [1.29, 1.82) is 0 Å². The summed E-state index contributed by atoms with van der Waals surface area (Å²) in [4.78, 5) is 14.9. The van der Waals surface area contributed by atoms with Crippen LogP contribution >= 0.6 is 11.6 Å². The number of alkyl carbamates (subject to hydrolysis) is 1. The van der Waals surface area contributed by atoms with E-state index in [1.807, 2.05) is 24.3 Å². The predicted octanol–water partition coefficient (Wildman–Crippen LogP) is 4.81. The van der Waals surface area contributed by atoms with Crippen LogP contribution in [0.3, 0.4) is 0 Å². The van der Waals surface area contributed by atoms with Gasteiger partial charge in [-0.3, -0.25) is 4.90 Å². The van der Waals surface area contributed by atoms with Gasteiger partial charge in [0, 0.05) is 11.6 Å². The monoisotopic (exact) mass is 396 g/mol. The predicted molar refractivity (Wildman–Crippen MR) is 111 cm³/mol. The lowest BCUT2D eigenvalue weighted by Crippen LogP contribution is -2.52. The number of carbonyl (C=O) groups excluding carboxylic acids is 1. The Balaban J connectivity index is 1.25. The second kappa shape index (κ2) is 7.41. The van der Waals surface area contributed by atoms with E-state index in [-0.39, 0.29) is 18.2 Å². The van der Waals surface area contributed by atoms with Gasteiger partial charge in [0.25, 0.3) is 0 Å². The zero-order chi connectivity index (χ0) is 19.1. The summed E-state index contributed by atoms with van der Waals surface area (Å²) in [6.07, 6.45) is 3.99. The molecule has 6 rings (SSSR count). The SMILES string of the molecule is O=C(NC1CCc2cc(-c3ccc(Cl)cc3)ccc21)O[C@@H]1CN2CCC1CC2. The zero-order valence-electron chi connectivity index (χ0n) is 15.9. The fourth-order valence-electron chi connectivity index (χ4n) is 4.95. The molecule has 2 aromatic rings. The zero-order valence-corrected chi connectivity index (χ0v) is 16.6. The highest BCUT2D eigenvalue weighted by Gasteiger charge is 2.37. The standard InChI is InChI=1S/C23H25ClN2O2/c24-19-5-1-15(2-6-19)17-3-7-20-18(13-17)4-8-21(20)25-23(27)28-22-14-26-11-9-16(22)10-12-26/h1-3,5-7,13,16,21-22H,4,8-12,14H2,(H,25,27)/t21?,22-/m1/s1. The van der Waals surface area contributed by atoms with E-state index in [1.54, 1.807) is 0 Å².